The number of methoxy groups -OCH3 is 3. The fraction of sp³-hybridized carbons (Fsp3) is 0.158. The maximum atomic E-state index is 11.2. The van der Waals surface area contributed by atoms with Crippen molar-refractivity contribution in [2.75, 3.05) is 21.3 Å². The van der Waals surface area contributed by atoms with E-state index < -0.39 is 0 Å². The van der Waals surface area contributed by atoms with E-state index in [9.17, 15) is 9.59 Å². The third kappa shape index (κ3) is 4.17. The highest BCUT2D eigenvalue weighted by Gasteiger charge is 2.14. The minimum atomic E-state index is 0.295. The normalized spacial score (nSPS) is 10.4. The lowest BCUT2D eigenvalue weighted by molar-refractivity contribution is -0.104. The van der Waals surface area contributed by atoms with Gasteiger partial charge in [-0.25, -0.2) is 0 Å². The molecule has 0 radical (unpaired) electrons. The van der Waals surface area contributed by atoms with Gasteiger partial charge in [0.15, 0.2) is 6.29 Å². The molecule has 0 unspecified atom stereocenters. The zero-order valence-corrected chi connectivity index (χ0v) is 14.1. The van der Waals surface area contributed by atoms with E-state index in [0.717, 1.165) is 0 Å². The highest BCUT2D eigenvalue weighted by molar-refractivity contribution is 5.84. The number of hydrogen-bond donors (Lipinski definition) is 0. The first kappa shape index (κ1) is 18.1. The van der Waals surface area contributed by atoms with Gasteiger partial charge in [0.25, 0.3) is 0 Å². The van der Waals surface area contributed by atoms with Crippen LogP contribution in [0.4, 0.5) is 0 Å². The number of aldehydes is 2. The van der Waals surface area contributed by atoms with Gasteiger partial charge in [-0.1, -0.05) is 0 Å². The van der Waals surface area contributed by atoms with E-state index in [1.165, 1.54) is 20.3 Å². The van der Waals surface area contributed by atoms with Crippen LogP contribution in [0.2, 0.25) is 0 Å². The Morgan fingerprint density at radius 2 is 1.44 bits per heavy atom. The zero-order chi connectivity index (χ0) is 18.2. The minimum Gasteiger partial charge on any atom is -0.497 e. The van der Waals surface area contributed by atoms with Crippen molar-refractivity contribution in [2.45, 2.75) is 0 Å². The van der Waals surface area contributed by atoms with Crippen molar-refractivity contribution in [1.82, 2.24) is 0 Å². The Labute approximate surface area is 145 Å². The number of rotatable bonds is 8. The summed E-state index contributed by atoms with van der Waals surface area (Å²) in [5.41, 5.74) is 0.981. The Hall–Kier alpha value is -3.28. The molecule has 0 amide bonds. The quantitative estimate of drug-likeness (QED) is 0.540. The maximum Gasteiger partial charge on any atom is 0.157 e. The summed E-state index contributed by atoms with van der Waals surface area (Å²) in [6.45, 7) is 0. The Balaban J connectivity index is 2.49. The second kappa shape index (κ2) is 8.54. The molecule has 0 aliphatic rings. The van der Waals surface area contributed by atoms with E-state index in [2.05, 4.69) is 0 Å². The third-order valence-electron chi connectivity index (χ3n) is 3.44. The molecular weight excluding hydrogens is 324 g/mol. The highest BCUT2D eigenvalue weighted by Crippen LogP contribution is 2.37. The topological polar surface area (TPSA) is 71.1 Å². The molecule has 0 N–H and O–H groups in total. The molecule has 0 atom stereocenters. The van der Waals surface area contributed by atoms with Gasteiger partial charge >= 0.3 is 0 Å². The van der Waals surface area contributed by atoms with E-state index in [0.29, 0.717) is 52.4 Å². The molecule has 0 bridgehead atoms. The maximum absolute atomic E-state index is 11.2. The minimum absolute atomic E-state index is 0.295. The number of hydrogen-bond acceptors (Lipinski definition) is 6. The van der Waals surface area contributed by atoms with Gasteiger partial charge in [0.1, 0.15) is 35.0 Å². The van der Waals surface area contributed by atoms with Gasteiger partial charge in [0, 0.05) is 23.8 Å². The lowest BCUT2D eigenvalue weighted by Gasteiger charge is -2.14. The smallest absolute Gasteiger partial charge is 0.157 e. The Morgan fingerprint density at radius 1 is 0.800 bits per heavy atom. The lowest BCUT2D eigenvalue weighted by Crippen LogP contribution is -1.97. The van der Waals surface area contributed by atoms with Crippen LogP contribution in [0.5, 0.6) is 28.7 Å². The predicted molar refractivity (Wildman–Crippen MR) is 93.1 cm³/mol. The lowest BCUT2D eigenvalue weighted by atomic mass is 10.1. The fourth-order valence-corrected chi connectivity index (χ4v) is 2.23. The van der Waals surface area contributed by atoms with Gasteiger partial charge < -0.3 is 18.9 Å². The van der Waals surface area contributed by atoms with Crippen molar-refractivity contribution in [2.24, 2.45) is 0 Å². The molecular formula is C19H18O6. The van der Waals surface area contributed by atoms with Crippen LogP contribution in [0, 0.1) is 0 Å². The first-order valence-electron chi connectivity index (χ1n) is 7.35. The summed E-state index contributed by atoms with van der Waals surface area (Å²) in [5.74, 6) is 2.14. The van der Waals surface area contributed by atoms with E-state index in [-0.39, 0.29) is 0 Å². The van der Waals surface area contributed by atoms with Crippen molar-refractivity contribution in [3.05, 3.63) is 47.5 Å². The zero-order valence-electron chi connectivity index (χ0n) is 14.1. The van der Waals surface area contributed by atoms with Crippen molar-refractivity contribution in [3.63, 3.8) is 0 Å². The van der Waals surface area contributed by atoms with Gasteiger partial charge in [0.2, 0.25) is 0 Å². The van der Waals surface area contributed by atoms with Crippen molar-refractivity contribution < 1.29 is 28.5 Å². The van der Waals surface area contributed by atoms with Gasteiger partial charge in [-0.2, -0.15) is 0 Å². The molecule has 0 spiro atoms. The Morgan fingerprint density at radius 3 is 1.96 bits per heavy atom. The summed E-state index contributed by atoms with van der Waals surface area (Å²) in [7, 11) is 4.45. The number of carbonyl (C=O) groups excluding carboxylic acids is 2. The summed E-state index contributed by atoms with van der Waals surface area (Å²) in [6, 6.07) is 8.38. The molecule has 0 saturated heterocycles. The van der Waals surface area contributed by atoms with Crippen LogP contribution in [0.25, 0.3) is 6.08 Å². The highest BCUT2D eigenvalue weighted by atomic mass is 16.5. The van der Waals surface area contributed by atoms with Crippen LogP contribution in [0.3, 0.4) is 0 Å². The molecule has 25 heavy (non-hydrogen) atoms. The van der Waals surface area contributed by atoms with Gasteiger partial charge in [-0.15, -0.1) is 0 Å². The second-order valence-corrected chi connectivity index (χ2v) is 4.86. The summed E-state index contributed by atoms with van der Waals surface area (Å²) < 4.78 is 21.6. The largest absolute Gasteiger partial charge is 0.497 e. The van der Waals surface area contributed by atoms with Gasteiger partial charge in [0.05, 0.1) is 26.9 Å². The number of ether oxygens (including phenoxy) is 4. The second-order valence-electron chi connectivity index (χ2n) is 4.86. The van der Waals surface area contributed by atoms with Gasteiger partial charge in [-0.05, 0) is 24.3 Å². The van der Waals surface area contributed by atoms with Crippen LogP contribution < -0.4 is 18.9 Å². The monoisotopic (exact) mass is 342 g/mol. The molecule has 0 heterocycles. The SMILES string of the molecule is COc1ccc(/C=C/C=O)c(Oc2cc(OC)c(C=O)c(OC)c2)c1. The molecule has 6 heteroatoms. The van der Waals surface area contributed by atoms with E-state index in [1.54, 1.807) is 43.5 Å². The van der Waals surface area contributed by atoms with Crippen LogP contribution in [0.15, 0.2) is 36.4 Å². The molecule has 0 fully saturated rings. The molecule has 0 saturated carbocycles. The standard InChI is InChI=1S/C19H18O6/c1-22-14-7-6-13(5-4-8-20)17(9-14)25-15-10-18(23-2)16(12-21)19(11-15)24-3/h4-12H,1-3H3/b5-4+. The van der Waals surface area contributed by atoms with Crippen LogP contribution in [0.1, 0.15) is 15.9 Å². The molecule has 6 nitrogen and oxygen atoms in total. The number of carbonyl (C=O) groups is 2. The summed E-state index contributed by atoms with van der Waals surface area (Å²) in [5, 5.41) is 0. The fourth-order valence-electron chi connectivity index (χ4n) is 2.23. The van der Waals surface area contributed by atoms with Gasteiger partial charge in [-0.3, -0.25) is 9.59 Å². The van der Waals surface area contributed by atoms with Crippen molar-refractivity contribution >= 4 is 18.6 Å². The van der Waals surface area contributed by atoms with Crippen molar-refractivity contribution in [1.29, 1.82) is 0 Å². The van der Waals surface area contributed by atoms with E-state index >= 15 is 0 Å². The third-order valence-corrected chi connectivity index (χ3v) is 3.44. The molecule has 2 aromatic carbocycles. The number of allylic oxidation sites excluding steroid dienone is 1. The molecule has 0 aromatic heterocycles. The average molecular weight is 342 g/mol. The molecule has 0 aliphatic heterocycles. The summed E-state index contributed by atoms with van der Waals surface area (Å²) in [4.78, 5) is 21.8. The molecule has 2 rings (SSSR count). The van der Waals surface area contributed by atoms with Crippen LogP contribution in [-0.4, -0.2) is 33.9 Å². The van der Waals surface area contributed by atoms with Crippen molar-refractivity contribution in [3.8, 4) is 28.7 Å². The summed E-state index contributed by atoms with van der Waals surface area (Å²) in [6.07, 6.45) is 4.32. The molecule has 130 valence electrons. The van der Waals surface area contributed by atoms with E-state index in [1.807, 2.05) is 0 Å². The number of benzene rings is 2. The van der Waals surface area contributed by atoms with Crippen LogP contribution >= 0.6 is 0 Å². The molecule has 0 aliphatic carbocycles. The average Bonchev–Trinajstić information content (AvgIpc) is 2.65. The Bertz CT molecular complexity index is 769. The summed E-state index contributed by atoms with van der Waals surface area (Å²) >= 11 is 0. The first-order chi connectivity index (χ1) is 12.2. The predicted octanol–water partition coefficient (Wildman–Crippen LogP) is 3.53. The van der Waals surface area contributed by atoms with Crippen LogP contribution in [-0.2, 0) is 4.79 Å². The molecule has 2 aromatic rings. The van der Waals surface area contributed by atoms with E-state index in [4.69, 9.17) is 18.9 Å². The Kier molecular flexibility index (Phi) is 6.17. The first-order valence-corrected chi connectivity index (χ1v) is 7.35.